The second kappa shape index (κ2) is 8.61. The fourth-order valence-electron chi connectivity index (χ4n) is 2.39. The van der Waals surface area contributed by atoms with E-state index in [2.05, 4.69) is 10.6 Å². The van der Waals surface area contributed by atoms with Crippen molar-refractivity contribution in [2.75, 3.05) is 26.2 Å². The molecule has 1 saturated heterocycles. The van der Waals surface area contributed by atoms with Gasteiger partial charge >= 0.3 is 12.0 Å². The van der Waals surface area contributed by atoms with Gasteiger partial charge in [0.1, 0.15) is 0 Å². The van der Waals surface area contributed by atoms with E-state index in [-0.39, 0.29) is 30.4 Å². The Labute approximate surface area is 125 Å². The number of imide groups is 1. The summed E-state index contributed by atoms with van der Waals surface area (Å²) in [6, 6.07) is -0.471. The van der Waals surface area contributed by atoms with E-state index in [0.717, 1.165) is 30.8 Å². The second-order valence-electron chi connectivity index (χ2n) is 5.63. The predicted octanol–water partition coefficient (Wildman–Crippen LogP) is -0.921. The first-order valence-electron chi connectivity index (χ1n) is 7.53. The van der Waals surface area contributed by atoms with E-state index in [1.807, 2.05) is 13.8 Å². The van der Waals surface area contributed by atoms with Gasteiger partial charge in [-0.15, -0.1) is 0 Å². The minimum atomic E-state index is -0.462. The molecule has 0 aromatic carbocycles. The highest BCUT2D eigenvalue weighted by molar-refractivity contribution is 5.94. The number of quaternary nitrogens is 1. The van der Waals surface area contributed by atoms with Gasteiger partial charge in [0.25, 0.3) is 5.91 Å². The standard InChI is InChI=1S/C14H25N3O4/c1-4-21-13(19)11-5-7-17(8-6-11)9-12(18)16-14(20)15-10(2)3/h10-11H,4-9H2,1-3H3,(H2,15,16,18,20)/p+1. The Kier molecular flexibility index (Phi) is 7.14. The van der Waals surface area contributed by atoms with Crippen LogP contribution in [0, 0.1) is 5.92 Å². The smallest absolute Gasteiger partial charge is 0.321 e. The lowest BCUT2D eigenvalue weighted by Crippen LogP contribution is -3.14. The van der Waals surface area contributed by atoms with Gasteiger partial charge in [0.05, 0.1) is 25.6 Å². The molecule has 0 radical (unpaired) electrons. The molecule has 1 aliphatic rings. The van der Waals surface area contributed by atoms with E-state index in [0.29, 0.717) is 6.61 Å². The summed E-state index contributed by atoms with van der Waals surface area (Å²) in [5.41, 5.74) is 0. The molecule has 0 aliphatic carbocycles. The minimum absolute atomic E-state index is 0.00882. The second-order valence-corrected chi connectivity index (χ2v) is 5.63. The van der Waals surface area contributed by atoms with E-state index in [4.69, 9.17) is 4.74 Å². The molecule has 1 heterocycles. The van der Waals surface area contributed by atoms with Crippen LogP contribution < -0.4 is 15.5 Å². The molecule has 7 heteroatoms. The Morgan fingerprint density at radius 3 is 2.38 bits per heavy atom. The maximum Gasteiger partial charge on any atom is 0.321 e. The van der Waals surface area contributed by atoms with Gasteiger partial charge in [-0.2, -0.15) is 0 Å². The third kappa shape index (κ3) is 6.57. The van der Waals surface area contributed by atoms with Crippen molar-refractivity contribution >= 4 is 17.9 Å². The van der Waals surface area contributed by atoms with E-state index < -0.39 is 6.03 Å². The highest BCUT2D eigenvalue weighted by Crippen LogP contribution is 2.11. The number of urea groups is 1. The van der Waals surface area contributed by atoms with Crippen LogP contribution in [0.1, 0.15) is 33.6 Å². The zero-order chi connectivity index (χ0) is 15.8. The summed E-state index contributed by atoms with van der Waals surface area (Å²) in [7, 11) is 0. The van der Waals surface area contributed by atoms with Crippen LogP contribution in [0.25, 0.3) is 0 Å². The number of ether oxygens (including phenoxy) is 1. The quantitative estimate of drug-likeness (QED) is 0.573. The number of nitrogens with one attached hydrogen (secondary N) is 3. The van der Waals surface area contributed by atoms with Gasteiger partial charge in [-0.3, -0.25) is 14.9 Å². The van der Waals surface area contributed by atoms with Crippen molar-refractivity contribution in [1.29, 1.82) is 0 Å². The maximum atomic E-state index is 11.7. The van der Waals surface area contributed by atoms with E-state index in [1.165, 1.54) is 0 Å². The summed E-state index contributed by atoms with van der Waals surface area (Å²) in [5, 5.41) is 4.92. The summed E-state index contributed by atoms with van der Waals surface area (Å²) in [6.45, 7) is 7.58. The molecule has 21 heavy (non-hydrogen) atoms. The number of hydrogen-bond donors (Lipinski definition) is 3. The van der Waals surface area contributed by atoms with Crippen LogP contribution in [0.15, 0.2) is 0 Å². The van der Waals surface area contributed by atoms with Gasteiger partial charge in [-0.1, -0.05) is 0 Å². The number of carbonyl (C=O) groups is 3. The largest absolute Gasteiger partial charge is 0.466 e. The molecular weight excluding hydrogens is 274 g/mol. The number of hydrogen-bond acceptors (Lipinski definition) is 4. The highest BCUT2D eigenvalue weighted by Gasteiger charge is 2.29. The monoisotopic (exact) mass is 300 g/mol. The van der Waals surface area contributed by atoms with Crippen LogP contribution in [0.2, 0.25) is 0 Å². The summed E-state index contributed by atoms with van der Waals surface area (Å²) in [5.74, 6) is -0.490. The Balaban J connectivity index is 2.27. The molecule has 3 amide bonds. The van der Waals surface area contributed by atoms with Crippen molar-refractivity contribution in [3.05, 3.63) is 0 Å². The predicted molar refractivity (Wildman–Crippen MR) is 76.7 cm³/mol. The van der Waals surface area contributed by atoms with E-state index in [9.17, 15) is 14.4 Å². The fourth-order valence-corrected chi connectivity index (χ4v) is 2.39. The number of carbonyl (C=O) groups excluding carboxylic acids is 3. The van der Waals surface area contributed by atoms with Gasteiger partial charge in [0.15, 0.2) is 6.54 Å². The van der Waals surface area contributed by atoms with Crippen molar-refractivity contribution in [2.24, 2.45) is 5.92 Å². The van der Waals surface area contributed by atoms with Crippen LogP contribution in [0.3, 0.4) is 0 Å². The molecule has 0 saturated carbocycles. The Bertz CT molecular complexity index is 376. The van der Waals surface area contributed by atoms with Crippen molar-refractivity contribution in [3.8, 4) is 0 Å². The SMILES string of the molecule is CCOC(=O)C1CC[NH+](CC(=O)NC(=O)NC(C)C)CC1. The van der Waals surface area contributed by atoms with Crippen LogP contribution >= 0.6 is 0 Å². The fraction of sp³-hybridized carbons (Fsp3) is 0.786. The normalized spacial score (nSPS) is 21.7. The number of esters is 1. The molecule has 0 bridgehead atoms. The van der Waals surface area contributed by atoms with Gasteiger partial charge < -0.3 is 15.0 Å². The first kappa shape index (κ1) is 17.4. The number of amides is 3. The van der Waals surface area contributed by atoms with E-state index >= 15 is 0 Å². The highest BCUT2D eigenvalue weighted by atomic mass is 16.5. The average Bonchev–Trinajstić information content (AvgIpc) is 2.38. The topological polar surface area (TPSA) is 88.9 Å². The molecule has 0 aromatic heterocycles. The number of likely N-dealkylation sites (tertiary alicyclic amines) is 1. The molecular formula is C14H26N3O4+. The van der Waals surface area contributed by atoms with Crippen LogP contribution in [0.4, 0.5) is 4.79 Å². The molecule has 0 atom stereocenters. The summed E-state index contributed by atoms with van der Waals surface area (Å²) < 4.78 is 5.01. The lowest BCUT2D eigenvalue weighted by atomic mass is 9.97. The lowest BCUT2D eigenvalue weighted by Gasteiger charge is -2.27. The Morgan fingerprint density at radius 2 is 1.86 bits per heavy atom. The summed E-state index contributed by atoms with van der Waals surface area (Å²) in [4.78, 5) is 35.8. The molecule has 1 aliphatic heterocycles. The molecule has 0 unspecified atom stereocenters. The van der Waals surface area contributed by atoms with E-state index in [1.54, 1.807) is 6.92 Å². The average molecular weight is 300 g/mol. The summed E-state index contributed by atoms with van der Waals surface area (Å²) >= 11 is 0. The number of piperidine rings is 1. The Hall–Kier alpha value is -1.63. The Morgan fingerprint density at radius 1 is 1.24 bits per heavy atom. The first-order valence-corrected chi connectivity index (χ1v) is 7.53. The zero-order valence-corrected chi connectivity index (χ0v) is 13.0. The van der Waals surface area contributed by atoms with Gasteiger partial charge in [0.2, 0.25) is 0 Å². The molecule has 7 nitrogen and oxygen atoms in total. The summed E-state index contributed by atoms with van der Waals surface area (Å²) in [6.07, 6.45) is 1.44. The van der Waals surface area contributed by atoms with Crippen molar-refractivity contribution < 1.29 is 24.0 Å². The molecule has 0 aromatic rings. The van der Waals surface area contributed by atoms with Crippen molar-refractivity contribution in [3.63, 3.8) is 0 Å². The van der Waals surface area contributed by atoms with Gasteiger partial charge in [-0.25, -0.2) is 4.79 Å². The molecule has 120 valence electrons. The lowest BCUT2D eigenvalue weighted by molar-refractivity contribution is -0.897. The van der Waals surface area contributed by atoms with Crippen molar-refractivity contribution in [2.45, 2.75) is 39.7 Å². The van der Waals surface area contributed by atoms with Crippen LogP contribution in [0.5, 0.6) is 0 Å². The maximum absolute atomic E-state index is 11.7. The van der Waals surface area contributed by atoms with Crippen LogP contribution in [-0.2, 0) is 14.3 Å². The zero-order valence-electron chi connectivity index (χ0n) is 13.0. The van der Waals surface area contributed by atoms with Gasteiger partial charge in [0, 0.05) is 18.9 Å². The minimum Gasteiger partial charge on any atom is -0.466 e. The van der Waals surface area contributed by atoms with Crippen LogP contribution in [-0.4, -0.2) is 50.2 Å². The molecule has 3 N–H and O–H groups in total. The molecule has 1 fully saturated rings. The third-order valence-corrected chi connectivity index (χ3v) is 3.40. The van der Waals surface area contributed by atoms with Crippen molar-refractivity contribution in [1.82, 2.24) is 10.6 Å². The molecule has 0 spiro atoms. The molecule has 1 rings (SSSR count). The third-order valence-electron chi connectivity index (χ3n) is 3.40. The first-order chi connectivity index (χ1) is 9.92. The van der Waals surface area contributed by atoms with Gasteiger partial charge in [-0.05, 0) is 20.8 Å². The number of rotatable bonds is 5.